The summed E-state index contributed by atoms with van der Waals surface area (Å²) in [6.07, 6.45) is 6.81. The van der Waals surface area contributed by atoms with E-state index in [-0.39, 0.29) is 17.7 Å². The van der Waals surface area contributed by atoms with Crippen molar-refractivity contribution in [3.63, 3.8) is 0 Å². The van der Waals surface area contributed by atoms with Crippen LogP contribution < -0.4 is 10.6 Å². The van der Waals surface area contributed by atoms with Gasteiger partial charge in [-0.15, -0.1) is 0 Å². The van der Waals surface area contributed by atoms with Gasteiger partial charge in [0.1, 0.15) is 5.54 Å². The third kappa shape index (κ3) is 5.39. The number of halogens is 2. The lowest BCUT2D eigenvalue weighted by Gasteiger charge is -2.50. The van der Waals surface area contributed by atoms with Crippen LogP contribution in [0.25, 0.3) is 12.2 Å². The molecule has 5 nitrogen and oxygen atoms in total. The number of hydrogen-bond donors (Lipinski definition) is 2. The van der Waals surface area contributed by atoms with Crippen LogP contribution in [0.3, 0.4) is 0 Å². The van der Waals surface area contributed by atoms with E-state index < -0.39 is 16.9 Å². The highest BCUT2D eigenvalue weighted by atomic mass is 79.9. The quantitative estimate of drug-likeness (QED) is 0.169. The van der Waals surface area contributed by atoms with Gasteiger partial charge in [-0.2, -0.15) is 0 Å². The Morgan fingerprint density at radius 1 is 0.760 bits per heavy atom. The number of piperidine rings is 1. The molecule has 3 aliphatic heterocycles. The molecule has 0 aromatic heterocycles. The van der Waals surface area contributed by atoms with Crippen molar-refractivity contribution in [2.24, 2.45) is 5.41 Å². The number of benzene rings is 5. The van der Waals surface area contributed by atoms with Crippen LogP contribution in [0.15, 0.2) is 154 Å². The largest absolute Gasteiger partial charge is 0.372 e. The van der Waals surface area contributed by atoms with E-state index in [1.54, 1.807) is 0 Å². The summed E-state index contributed by atoms with van der Waals surface area (Å²) in [6.45, 7) is 0.727. The zero-order valence-corrected chi connectivity index (χ0v) is 30.4. The summed E-state index contributed by atoms with van der Waals surface area (Å²) in [7, 11) is 0. The number of fused-ring (bicyclic) bond motifs is 3. The molecule has 2 spiro atoms. The Morgan fingerprint density at radius 3 is 2.18 bits per heavy atom. The fraction of sp³-hybridized carbons (Fsp3) is 0.163. The standard InChI is InChI=1S/C43H35Br2N3O2/c44-35-20-10-7-17-31(35)26-32-27-48(24-23-29-13-3-1-4-14-29)28-42(40(32)49)39(33-18-8-11-21-36(33)45)38(25-30-15-5-2-6-16-30)47-43(42)34-19-9-12-22-37(34)46-41(43)50/h1-24,26,38-39,47H,25,27-28H2,(H,46,50)/b24-23+,32-26+/t38-,39-,42-,43?/m1/s1. The highest BCUT2D eigenvalue weighted by Crippen LogP contribution is 2.63. The lowest BCUT2D eigenvalue weighted by Crippen LogP contribution is -2.65. The van der Waals surface area contributed by atoms with Crippen molar-refractivity contribution in [2.75, 3.05) is 18.4 Å². The van der Waals surface area contributed by atoms with Gasteiger partial charge >= 0.3 is 0 Å². The van der Waals surface area contributed by atoms with Crippen LogP contribution in [-0.4, -0.2) is 35.7 Å². The number of ketones is 1. The van der Waals surface area contributed by atoms with Crippen molar-refractivity contribution in [3.05, 3.63) is 182 Å². The summed E-state index contributed by atoms with van der Waals surface area (Å²) in [5, 5.41) is 7.15. The van der Waals surface area contributed by atoms with E-state index in [4.69, 9.17) is 0 Å². The molecule has 0 radical (unpaired) electrons. The number of Topliss-reactive ketones (excluding diaryl/α,β-unsaturated/α-hetero) is 1. The molecule has 1 amide bonds. The number of rotatable bonds is 6. The zero-order valence-electron chi connectivity index (χ0n) is 27.2. The van der Waals surface area contributed by atoms with Gasteiger partial charge in [-0.05, 0) is 65.2 Å². The summed E-state index contributed by atoms with van der Waals surface area (Å²) >= 11 is 7.62. The normalized spacial score (nSPS) is 25.2. The van der Waals surface area contributed by atoms with Gasteiger partial charge in [0.05, 0.1) is 5.41 Å². The predicted molar refractivity (Wildman–Crippen MR) is 207 cm³/mol. The molecule has 3 heterocycles. The van der Waals surface area contributed by atoms with Gasteiger partial charge in [-0.1, -0.05) is 147 Å². The maximum atomic E-state index is 15.9. The SMILES string of the molecule is O=C1Nc2ccccc2C12N[C@H](Cc1ccccc1)[C@@H](c1ccccc1Br)[C@@]21CN(/C=C/c2ccccc2)C/C(=C\c2ccccc2Br)C1=O. The smallest absolute Gasteiger partial charge is 0.250 e. The Hall–Kier alpha value is -4.56. The maximum absolute atomic E-state index is 15.9. The van der Waals surface area contributed by atoms with Crippen LogP contribution in [0.4, 0.5) is 5.69 Å². The van der Waals surface area contributed by atoms with E-state index >= 15 is 4.79 Å². The Morgan fingerprint density at radius 2 is 1.42 bits per heavy atom. The molecule has 5 aromatic carbocycles. The average molecular weight is 786 g/mol. The molecule has 4 atom stereocenters. The van der Waals surface area contributed by atoms with E-state index in [0.29, 0.717) is 25.1 Å². The number of carbonyl (C=O) groups is 2. The maximum Gasteiger partial charge on any atom is 0.250 e. The fourth-order valence-corrected chi connectivity index (χ4v) is 9.39. The number of nitrogens with one attached hydrogen (secondary N) is 2. The first kappa shape index (κ1) is 32.6. The van der Waals surface area contributed by atoms with Crippen molar-refractivity contribution in [1.29, 1.82) is 0 Å². The number of hydrogen-bond acceptors (Lipinski definition) is 4. The molecule has 8 rings (SSSR count). The predicted octanol–water partition coefficient (Wildman–Crippen LogP) is 8.98. The number of carbonyl (C=O) groups excluding carboxylic acids is 2. The molecule has 1 unspecified atom stereocenters. The molecule has 0 aliphatic carbocycles. The van der Waals surface area contributed by atoms with Crippen molar-refractivity contribution in [1.82, 2.24) is 10.2 Å². The molecule has 248 valence electrons. The number of anilines is 1. The highest BCUT2D eigenvalue weighted by Gasteiger charge is 2.75. The van der Waals surface area contributed by atoms with Crippen LogP contribution in [0, 0.1) is 5.41 Å². The van der Waals surface area contributed by atoms with E-state index in [1.807, 2.05) is 109 Å². The summed E-state index contributed by atoms with van der Waals surface area (Å²) in [4.78, 5) is 33.1. The molecular formula is C43H35Br2N3O2. The van der Waals surface area contributed by atoms with Gasteiger partial charge in [0.2, 0.25) is 0 Å². The molecule has 2 saturated heterocycles. The van der Waals surface area contributed by atoms with Crippen LogP contribution >= 0.6 is 31.9 Å². The number of amides is 1. The van der Waals surface area contributed by atoms with Crippen molar-refractivity contribution in [2.45, 2.75) is 23.9 Å². The van der Waals surface area contributed by atoms with Gasteiger partial charge in [0.15, 0.2) is 5.78 Å². The van der Waals surface area contributed by atoms with Crippen molar-refractivity contribution >= 4 is 61.4 Å². The van der Waals surface area contributed by atoms with Gasteiger partial charge in [-0.3, -0.25) is 14.9 Å². The summed E-state index contributed by atoms with van der Waals surface area (Å²) in [5.74, 6) is -0.611. The average Bonchev–Trinajstić information content (AvgIpc) is 3.58. The van der Waals surface area contributed by atoms with Crippen LogP contribution in [0.5, 0.6) is 0 Å². The first-order chi connectivity index (χ1) is 24.4. The molecule has 5 aromatic rings. The molecule has 7 heteroatoms. The minimum Gasteiger partial charge on any atom is -0.372 e. The Bertz CT molecular complexity index is 2150. The number of likely N-dealkylation sites (tertiary alicyclic amines) is 1. The highest BCUT2D eigenvalue weighted by molar-refractivity contribution is 9.10. The van der Waals surface area contributed by atoms with Gasteiger partial charge in [0.25, 0.3) is 5.91 Å². The van der Waals surface area contributed by atoms with Gasteiger partial charge in [-0.25, -0.2) is 0 Å². The number of nitrogens with zero attached hydrogens (tertiary/aromatic N) is 1. The zero-order chi connectivity index (χ0) is 34.3. The Balaban J connectivity index is 1.41. The second-order valence-electron chi connectivity index (χ2n) is 13.3. The molecule has 2 fully saturated rings. The first-order valence-corrected chi connectivity index (χ1v) is 18.4. The lowest BCUT2D eigenvalue weighted by atomic mass is 9.55. The van der Waals surface area contributed by atoms with Crippen LogP contribution in [0.1, 0.15) is 33.7 Å². The molecule has 0 bridgehead atoms. The Labute approximate surface area is 309 Å². The molecule has 50 heavy (non-hydrogen) atoms. The second kappa shape index (κ2) is 13.3. The third-order valence-electron chi connectivity index (χ3n) is 10.5. The summed E-state index contributed by atoms with van der Waals surface area (Å²) in [6, 6.07) is 44.2. The summed E-state index contributed by atoms with van der Waals surface area (Å²) < 4.78 is 1.81. The minimum absolute atomic E-state index is 0.0201. The van der Waals surface area contributed by atoms with Gasteiger partial charge in [0, 0.05) is 50.8 Å². The monoisotopic (exact) mass is 783 g/mol. The van der Waals surface area contributed by atoms with Crippen molar-refractivity contribution < 1.29 is 9.59 Å². The van der Waals surface area contributed by atoms with E-state index in [9.17, 15) is 4.79 Å². The van der Waals surface area contributed by atoms with E-state index in [1.165, 1.54) is 0 Å². The van der Waals surface area contributed by atoms with Crippen molar-refractivity contribution in [3.8, 4) is 0 Å². The van der Waals surface area contributed by atoms with E-state index in [0.717, 1.165) is 42.5 Å². The minimum atomic E-state index is -1.35. The summed E-state index contributed by atoms with van der Waals surface area (Å²) in [5.41, 5.74) is 3.68. The molecule has 2 N–H and O–H groups in total. The topological polar surface area (TPSA) is 61.4 Å². The lowest BCUT2D eigenvalue weighted by molar-refractivity contribution is -0.141. The molecule has 3 aliphatic rings. The fourth-order valence-electron chi connectivity index (χ4n) is 8.46. The molecule has 0 saturated carbocycles. The van der Waals surface area contributed by atoms with E-state index in [2.05, 4.69) is 90.0 Å². The Kier molecular flexibility index (Phi) is 8.67. The second-order valence-corrected chi connectivity index (χ2v) is 15.0. The van der Waals surface area contributed by atoms with Crippen LogP contribution in [-0.2, 0) is 21.5 Å². The first-order valence-electron chi connectivity index (χ1n) is 16.8. The molecular weight excluding hydrogens is 750 g/mol. The van der Waals surface area contributed by atoms with Gasteiger partial charge < -0.3 is 10.2 Å². The third-order valence-corrected chi connectivity index (χ3v) is 11.9. The van der Waals surface area contributed by atoms with Crippen LogP contribution in [0.2, 0.25) is 0 Å². The number of para-hydroxylation sites is 1.